The second-order valence-electron chi connectivity index (χ2n) is 6.33. The molecule has 0 fully saturated rings. The lowest BCUT2D eigenvalue weighted by atomic mass is 10.2. The van der Waals surface area contributed by atoms with Crippen molar-refractivity contribution in [1.29, 1.82) is 0 Å². The van der Waals surface area contributed by atoms with Gasteiger partial charge in [-0.2, -0.15) is 5.10 Å². The summed E-state index contributed by atoms with van der Waals surface area (Å²) in [4.78, 5) is 28.2. The number of benzene rings is 1. The van der Waals surface area contributed by atoms with E-state index in [9.17, 15) is 14.0 Å². The summed E-state index contributed by atoms with van der Waals surface area (Å²) in [6.07, 6.45) is 1.36. The molecule has 0 radical (unpaired) electrons. The van der Waals surface area contributed by atoms with Crippen molar-refractivity contribution in [3.8, 4) is 5.82 Å². The number of ether oxygens (including phenoxy) is 1. The van der Waals surface area contributed by atoms with Gasteiger partial charge in [0.1, 0.15) is 5.82 Å². The molecule has 1 aromatic carbocycles. The maximum Gasteiger partial charge on any atom is 0.340 e. The highest BCUT2D eigenvalue weighted by Crippen LogP contribution is 2.14. The van der Waals surface area contributed by atoms with Gasteiger partial charge < -0.3 is 10.1 Å². The Morgan fingerprint density at radius 3 is 2.54 bits per heavy atom. The van der Waals surface area contributed by atoms with Crippen molar-refractivity contribution < 1.29 is 18.7 Å². The normalized spacial score (nSPS) is 10.6. The molecule has 8 heteroatoms. The number of hydrogen-bond donors (Lipinski definition) is 1. The standard InChI is InChI=1S/C20H19FN4O3/c1-12-4-6-16(9-17(12)21)23-19(26)11-28-20(27)15-5-7-18(22-10-15)25-14(3)8-13(2)24-25/h4-10H,11H2,1-3H3,(H,23,26). The van der Waals surface area contributed by atoms with E-state index in [1.807, 2.05) is 19.9 Å². The number of nitrogens with one attached hydrogen (secondary N) is 1. The number of carbonyl (C=O) groups is 2. The van der Waals surface area contributed by atoms with Crippen molar-refractivity contribution >= 4 is 17.6 Å². The van der Waals surface area contributed by atoms with Gasteiger partial charge in [0.25, 0.3) is 5.91 Å². The van der Waals surface area contributed by atoms with Crippen LogP contribution in [0.5, 0.6) is 0 Å². The highest BCUT2D eigenvalue weighted by atomic mass is 19.1. The van der Waals surface area contributed by atoms with Crippen molar-refractivity contribution in [2.75, 3.05) is 11.9 Å². The molecule has 3 rings (SSSR count). The molecule has 2 heterocycles. The molecule has 7 nitrogen and oxygen atoms in total. The second kappa shape index (κ2) is 7.99. The Morgan fingerprint density at radius 2 is 1.93 bits per heavy atom. The monoisotopic (exact) mass is 382 g/mol. The van der Waals surface area contributed by atoms with Gasteiger partial charge in [-0.15, -0.1) is 0 Å². The fraction of sp³-hybridized carbons (Fsp3) is 0.200. The van der Waals surface area contributed by atoms with Crippen LogP contribution < -0.4 is 5.32 Å². The Kier molecular flexibility index (Phi) is 5.49. The van der Waals surface area contributed by atoms with Gasteiger partial charge >= 0.3 is 5.97 Å². The summed E-state index contributed by atoms with van der Waals surface area (Å²) < 4.78 is 20.1. The van der Waals surface area contributed by atoms with Crippen LogP contribution in [0, 0.1) is 26.6 Å². The van der Waals surface area contributed by atoms with E-state index in [4.69, 9.17) is 4.74 Å². The Labute approximate surface area is 161 Å². The molecule has 0 aliphatic carbocycles. The van der Waals surface area contributed by atoms with Gasteiger partial charge in [0, 0.05) is 17.6 Å². The zero-order chi connectivity index (χ0) is 20.3. The van der Waals surface area contributed by atoms with Crippen molar-refractivity contribution in [1.82, 2.24) is 14.8 Å². The van der Waals surface area contributed by atoms with Crippen LogP contribution in [-0.4, -0.2) is 33.2 Å². The van der Waals surface area contributed by atoms with Crippen molar-refractivity contribution in [2.45, 2.75) is 20.8 Å². The van der Waals surface area contributed by atoms with Crippen molar-refractivity contribution in [3.05, 3.63) is 70.9 Å². The molecule has 1 amide bonds. The molecule has 2 aromatic heterocycles. The quantitative estimate of drug-likeness (QED) is 0.685. The molecule has 28 heavy (non-hydrogen) atoms. The topological polar surface area (TPSA) is 86.1 Å². The minimum atomic E-state index is -0.683. The van der Waals surface area contributed by atoms with E-state index in [2.05, 4.69) is 15.4 Å². The minimum Gasteiger partial charge on any atom is -0.452 e. The number of halogens is 1. The molecule has 3 aromatic rings. The third kappa shape index (κ3) is 4.40. The van der Waals surface area contributed by atoms with Gasteiger partial charge in [-0.05, 0) is 56.7 Å². The zero-order valence-electron chi connectivity index (χ0n) is 15.7. The summed E-state index contributed by atoms with van der Waals surface area (Å²) in [7, 11) is 0. The number of carbonyl (C=O) groups excluding carboxylic acids is 2. The first-order chi connectivity index (χ1) is 13.3. The fourth-order valence-corrected chi connectivity index (χ4v) is 2.58. The highest BCUT2D eigenvalue weighted by molar-refractivity contribution is 5.95. The average Bonchev–Trinajstić information content (AvgIpc) is 3.01. The van der Waals surface area contributed by atoms with E-state index in [-0.39, 0.29) is 5.56 Å². The van der Waals surface area contributed by atoms with Crippen molar-refractivity contribution in [2.24, 2.45) is 0 Å². The third-order valence-corrected chi connectivity index (χ3v) is 4.00. The smallest absolute Gasteiger partial charge is 0.340 e. The van der Waals surface area contributed by atoms with E-state index in [0.29, 0.717) is 17.1 Å². The van der Waals surface area contributed by atoms with E-state index in [1.165, 1.54) is 12.3 Å². The summed E-state index contributed by atoms with van der Waals surface area (Å²) in [5.74, 6) is -1.11. The number of hydrogen-bond acceptors (Lipinski definition) is 5. The maximum absolute atomic E-state index is 13.5. The fourth-order valence-electron chi connectivity index (χ4n) is 2.58. The number of rotatable bonds is 5. The molecule has 0 spiro atoms. The molecule has 0 unspecified atom stereocenters. The highest BCUT2D eigenvalue weighted by Gasteiger charge is 2.13. The Morgan fingerprint density at radius 1 is 1.14 bits per heavy atom. The number of anilines is 1. The van der Waals surface area contributed by atoms with Crippen molar-refractivity contribution in [3.63, 3.8) is 0 Å². The van der Waals surface area contributed by atoms with E-state index < -0.39 is 24.3 Å². The second-order valence-corrected chi connectivity index (χ2v) is 6.33. The number of pyridine rings is 1. The Bertz CT molecular complexity index is 1030. The van der Waals surface area contributed by atoms with Gasteiger partial charge in [-0.25, -0.2) is 18.9 Å². The molecular formula is C20H19FN4O3. The summed E-state index contributed by atoms with van der Waals surface area (Å²) >= 11 is 0. The number of amides is 1. The Balaban J connectivity index is 1.57. The van der Waals surface area contributed by atoms with Crippen LogP contribution in [0.25, 0.3) is 5.82 Å². The molecule has 0 aliphatic heterocycles. The third-order valence-electron chi connectivity index (χ3n) is 4.00. The summed E-state index contributed by atoms with van der Waals surface area (Å²) in [5.41, 5.74) is 2.76. The van der Waals surface area contributed by atoms with Gasteiger partial charge in [-0.1, -0.05) is 6.07 Å². The largest absolute Gasteiger partial charge is 0.452 e. The van der Waals surface area contributed by atoms with Gasteiger partial charge in [0.15, 0.2) is 12.4 Å². The number of aryl methyl sites for hydroxylation is 3. The van der Waals surface area contributed by atoms with Gasteiger partial charge in [0.2, 0.25) is 0 Å². The van der Waals surface area contributed by atoms with E-state index in [0.717, 1.165) is 11.4 Å². The first-order valence-corrected chi connectivity index (χ1v) is 8.56. The first-order valence-electron chi connectivity index (χ1n) is 8.56. The molecule has 144 valence electrons. The predicted molar refractivity (Wildman–Crippen MR) is 101 cm³/mol. The van der Waals surface area contributed by atoms with Crippen LogP contribution in [0.4, 0.5) is 10.1 Å². The van der Waals surface area contributed by atoms with Crippen LogP contribution in [-0.2, 0) is 9.53 Å². The number of esters is 1. The summed E-state index contributed by atoms with van der Waals surface area (Å²) in [5, 5.41) is 6.80. The molecular weight excluding hydrogens is 363 g/mol. The molecule has 0 saturated carbocycles. The van der Waals surface area contributed by atoms with E-state index in [1.54, 1.807) is 35.9 Å². The van der Waals surface area contributed by atoms with Crippen LogP contribution in [0.2, 0.25) is 0 Å². The predicted octanol–water partition coefficient (Wildman–Crippen LogP) is 3.13. The zero-order valence-corrected chi connectivity index (χ0v) is 15.7. The average molecular weight is 382 g/mol. The first kappa shape index (κ1) is 19.2. The minimum absolute atomic E-state index is 0.208. The Hall–Kier alpha value is -3.55. The molecule has 0 atom stereocenters. The SMILES string of the molecule is Cc1cc(C)n(-c2ccc(C(=O)OCC(=O)Nc3ccc(C)c(F)c3)cn2)n1. The van der Waals surface area contributed by atoms with Crippen LogP contribution in [0.3, 0.4) is 0 Å². The van der Waals surface area contributed by atoms with Gasteiger partial charge in [0.05, 0.1) is 11.3 Å². The van der Waals surface area contributed by atoms with Gasteiger partial charge in [-0.3, -0.25) is 4.79 Å². The van der Waals surface area contributed by atoms with Crippen LogP contribution in [0.15, 0.2) is 42.6 Å². The molecule has 1 N–H and O–H groups in total. The lowest BCUT2D eigenvalue weighted by Gasteiger charge is -2.08. The molecule has 0 aliphatic rings. The van der Waals surface area contributed by atoms with E-state index >= 15 is 0 Å². The number of aromatic nitrogens is 3. The summed E-state index contributed by atoms with van der Waals surface area (Å²) in [6, 6.07) is 9.44. The van der Waals surface area contributed by atoms with Crippen LogP contribution in [0.1, 0.15) is 27.3 Å². The maximum atomic E-state index is 13.5. The van der Waals surface area contributed by atoms with Crippen LogP contribution >= 0.6 is 0 Å². The lowest BCUT2D eigenvalue weighted by Crippen LogP contribution is -2.21. The molecule has 0 bridgehead atoms. The number of nitrogens with zero attached hydrogens (tertiary/aromatic N) is 3. The summed E-state index contributed by atoms with van der Waals surface area (Å²) in [6.45, 7) is 4.91. The lowest BCUT2D eigenvalue weighted by molar-refractivity contribution is -0.119. The molecule has 0 saturated heterocycles.